The summed E-state index contributed by atoms with van der Waals surface area (Å²) in [5.74, 6) is -0.0406. The van der Waals surface area contributed by atoms with Crippen LogP contribution in [-0.2, 0) is 9.59 Å². The molecule has 0 radical (unpaired) electrons. The smallest absolute Gasteiger partial charge is 0.295 e. The monoisotopic (exact) mass is 508 g/mol. The molecular formula is C30H40N2O5. The molecule has 3 rings (SSSR count). The van der Waals surface area contributed by atoms with Gasteiger partial charge in [-0.1, -0.05) is 31.9 Å². The number of ether oxygens (including phenoxy) is 2. The van der Waals surface area contributed by atoms with Gasteiger partial charge in [-0.15, -0.1) is 0 Å². The molecule has 0 aromatic heterocycles. The van der Waals surface area contributed by atoms with Crippen LogP contribution in [0.3, 0.4) is 0 Å². The number of amides is 1. The first-order valence-electron chi connectivity index (χ1n) is 13.1. The van der Waals surface area contributed by atoms with Gasteiger partial charge in [-0.2, -0.15) is 0 Å². The van der Waals surface area contributed by atoms with Crippen LogP contribution < -0.4 is 9.47 Å². The van der Waals surface area contributed by atoms with Crippen molar-refractivity contribution < 1.29 is 24.2 Å². The summed E-state index contributed by atoms with van der Waals surface area (Å²) in [4.78, 5) is 29.9. The van der Waals surface area contributed by atoms with Crippen LogP contribution in [0.1, 0.15) is 62.8 Å². The van der Waals surface area contributed by atoms with Gasteiger partial charge in [0.05, 0.1) is 24.3 Å². The SMILES string of the molecule is CCCCCOc1ccc(C2C(=C(O)c3ccc(OC(C)C)cc3C)C(=O)C(=O)N2CCN(C)C)cc1. The Morgan fingerprint density at radius 2 is 1.73 bits per heavy atom. The summed E-state index contributed by atoms with van der Waals surface area (Å²) in [6.45, 7) is 9.47. The highest BCUT2D eigenvalue weighted by Crippen LogP contribution is 2.40. The van der Waals surface area contributed by atoms with Crippen molar-refractivity contribution in [3.8, 4) is 11.5 Å². The molecule has 0 spiro atoms. The molecule has 1 unspecified atom stereocenters. The number of hydrogen-bond donors (Lipinski definition) is 1. The summed E-state index contributed by atoms with van der Waals surface area (Å²) < 4.78 is 11.6. The molecule has 1 fully saturated rings. The quantitative estimate of drug-likeness (QED) is 0.181. The minimum atomic E-state index is -0.694. The molecule has 0 bridgehead atoms. The molecule has 0 saturated carbocycles. The van der Waals surface area contributed by atoms with Crippen molar-refractivity contribution in [3.63, 3.8) is 0 Å². The lowest BCUT2D eigenvalue weighted by Crippen LogP contribution is -2.35. The van der Waals surface area contributed by atoms with Crippen LogP contribution in [0, 0.1) is 6.92 Å². The lowest BCUT2D eigenvalue weighted by molar-refractivity contribution is -0.140. The van der Waals surface area contributed by atoms with Crippen LogP contribution in [0.25, 0.3) is 5.76 Å². The maximum atomic E-state index is 13.3. The van der Waals surface area contributed by atoms with Crippen LogP contribution in [0.15, 0.2) is 48.0 Å². The standard InChI is InChI=1S/C30H40N2O5/c1-7-8-9-18-36-23-12-10-22(11-13-23)27-26(29(34)30(35)32(27)17-16-31(5)6)28(33)25-15-14-24(19-21(25)4)37-20(2)3/h10-15,19-20,27,33H,7-9,16-18H2,1-6H3. The van der Waals surface area contributed by atoms with E-state index in [-0.39, 0.29) is 17.4 Å². The van der Waals surface area contributed by atoms with E-state index in [9.17, 15) is 14.7 Å². The van der Waals surface area contributed by atoms with Gasteiger partial charge in [-0.25, -0.2) is 0 Å². The minimum Gasteiger partial charge on any atom is -0.507 e. The summed E-state index contributed by atoms with van der Waals surface area (Å²) >= 11 is 0. The first-order valence-corrected chi connectivity index (χ1v) is 13.1. The number of likely N-dealkylation sites (N-methyl/N-ethyl adjacent to an activating group) is 1. The average molecular weight is 509 g/mol. The fourth-order valence-electron chi connectivity index (χ4n) is 4.45. The fraction of sp³-hybridized carbons (Fsp3) is 0.467. The van der Waals surface area contributed by atoms with E-state index in [0.717, 1.165) is 36.1 Å². The van der Waals surface area contributed by atoms with Gasteiger partial charge < -0.3 is 24.4 Å². The Bertz CT molecular complexity index is 1120. The van der Waals surface area contributed by atoms with Crippen LogP contribution in [-0.4, -0.2) is 66.5 Å². The number of aliphatic hydroxyl groups is 1. The Hall–Kier alpha value is -3.32. The van der Waals surface area contributed by atoms with E-state index in [0.29, 0.717) is 31.0 Å². The third-order valence-corrected chi connectivity index (χ3v) is 6.37. The average Bonchev–Trinajstić information content (AvgIpc) is 3.10. The summed E-state index contributed by atoms with van der Waals surface area (Å²) in [5, 5.41) is 11.4. The molecule has 1 amide bonds. The Balaban J connectivity index is 2.01. The number of aliphatic hydroxyl groups excluding tert-OH is 1. The summed E-state index contributed by atoms with van der Waals surface area (Å²) in [7, 11) is 3.83. The zero-order valence-corrected chi connectivity index (χ0v) is 22.9. The number of aryl methyl sites for hydroxylation is 1. The van der Waals surface area contributed by atoms with Crippen LogP contribution in [0.2, 0.25) is 0 Å². The molecule has 1 aliphatic rings. The van der Waals surface area contributed by atoms with Crippen molar-refractivity contribution in [1.29, 1.82) is 0 Å². The molecule has 1 heterocycles. The summed E-state index contributed by atoms with van der Waals surface area (Å²) in [5.41, 5.74) is 2.10. The Morgan fingerprint density at radius 1 is 1.05 bits per heavy atom. The topological polar surface area (TPSA) is 79.3 Å². The number of carbonyl (C=O) groups excluding carboxylic acids is 2. The molecule has 7 nitrogen and oxygen atoms in total. The van der Waals surface area contributed by atoms with Crippen molar-refractivity contribution in [3.05, 3.63) is 64.7 Å². The second kappa shape index (κ2) is 12.8. The van der Waals surface area contributed by atoms with Crippen molar-refractivity contribution in [1.82, 2.24) is 9.80 Å². The predicted octanol–water partition coefficient (Wildman–Crippen LogP) is 5.33. The number of Topliss-reactive ketones (excluding diaryl/α,β-unsaturated/α-hetero) is 1. The highest BCUT2D eigenvalue weighted by atomic mass is 16.5. The van der Waals surface area contributed by atoms with Gasteiger partial charge in [0.25, 0.3) is 11.7 Å². The third-order valence-electron chi connectivity index (χ3n) is 6.37. The number of hydrogen-bond acceptors (Lipinski definition) is 6. The van der Waals surface area contributed by atoms with E-state index in [1.807, 2.05) is 70.1 Å². The molecular weight excluding hydrogens is 468 g/mol. The van der Waals surface area contributed by atoms with Gasteiger partial charge in [-0.3, -0.25) is 9.59 Å². The molecule has 1 aliphatic heterocycles. The van der Waals surface area contributed by atoms with Crippen molar-refractivity contribution in [2.45, 2.75) is 59.1 Å². The zero-order valence-electron chi connectivity index (χ0n) is 22.9. The van der Waals surface area contributed by atoms with E-state index in [1.54, 1.807) is 17.0 Å². The second-order valence-corrected chi connectivity index (χ2v) is 10.1. The van der Waals surface area contributed by atoms with Gasteiger partial charge in [0.1, 0.15) is 17.3 Å². The highest BCUT2D eigenvalue weighted by molar-refractivity contribution is 6.46. The molecule has 1 N–H and O–H groups in total. The van der Waals surface area contributed by atoms with E-state index in [4.69, 9.17) is 9.47 Å². The number of benzene rings is 2. The summed E-state index contributed by atoms with van der Waals surface area (Å²) in [6.07, 6.45) is 3.24. The highest BCUT2D eigenvalue weighted by Gasteiger charge is 2.46. The maximum absolute atomic E-state index is 13.3. The van der Waals surface area contributed by atoms with Gasteiger partial charge >= 0.3 is 0 Å². The molecule has 0 aliphatic carbocycles. The lowest BCUT2D eigenvalue weighted by Gasteiger charge is -2.27. The number of ketones is 1. The number of likely N-dealkylation sites (tertiary alicyclic amines) is 1. The molecule has 37 heavy (non-hydrogen) atoms. The van der Waals surface area contributed by atoms with Gasteiger partial charge in [0, 0.05) is 18.7 Å². The molecule has 200 valence electrons. The Labute approximate surface area is 220 Å². The normalized spacial score (nSPS) is 17.2. The molecule has 2 aromatic rings. The Morgan fingerprint density at radius 3 is 2.32 bits per heavy atom. The van der Waals surface area contributed by atoms with E-state index in [1.165, 1.54) is 0 Å². The van der Waals surface area contributed by atoms with Crippen molar-refractivity contribution in [2.24, 2.45) is 0 Å². The third kappa shape index (κ3) is 6.92. The second-order valence-electron chi connectivity index (χ2n) is 10.1. The number of unbranched alkanes of at least 4 members (excludes halogenated alkanes) is 2. The first-order chi connectivity index (χ1) is 17.6. The number of rotatable bonds is 12. The van der Waals surface area contributed by atoms with Gasteiger partial charge in [0.2, 0.25) is 0 Å². The van der Waals surface area contributed by atoms with Crippen LogP contribution in [0.5, 0.6) is 11.5 Å². The van der Waals surface area contributed by atoms with E-state index < -0.39 is 17.7 Å². The van der Waals surface area contributed by atoms with E-state index >= 15 is 0 Å². The first kappa shape index (κ1) is 28.3. The van der Waals surface area contributed by atoms with Gasteiger partial charge in [0.15, 0.2) is 0 Å². The number of carbonyl (C=O) groups is 2. The number of nitrogens with zero attached hydrogens (tertiary/aromatic N) is 2. The van der Waals surface area contributed by atoms with Crippen molar-refractivity contribution in [2.75, 3.05) is 33.8 Å². The molecule has 1 atom stereocenters. The summed E-state index contributed by atoms with van der Waals surface area (Å²) in [6, 6.07) is 12.1. The van der Waals surface area contributed by atoms with Gasteiger partial charge in [-0.05, 0) is 82.7 Å². The molecule has 7 heteroatoms. The minimum absolute atomic E-state index is 0.0134. The van der Waals surface area contributed by atoms with E-state index in [2.05, 4.69) is 6.92 Å². The van der Waals surface area contributed by atoms with Crippen molar-refractivity contribution >= 4 is 17.4 Å². The Kier molecular flexibility index (Phi) is 9.75. The predicted molar refractivity (Wildman–Crippen MR) is 146 cm³/mol. The molecule has 2 aromatic carbocycles. The maximum Gasteiger partial charge on any atom is 0.295 e. The fourth-order valence-corrected chi connectivity index (χ4v) is 4.45. The lowest BCUT2D eigenvalue weighted by atomic mass is 9.94. The van der Waals surface area contributed by atoms with Crippen LogP contribution in [0.4, 0.5) is 0 Å². The molecule has 1 saturated heterocycles. The van der Waals surface area contributed by atoms with Crippen LogP contribution >= 0.6 is 0 Å². The zero-order chi connectivity index (χ0) is 27.1. The largest absolute Gasteiger partial charge is 0.507 e.